The lowest BCUT2D eigenvalue weighted by Gasteiger charge is -2.03. The van der Waals surface area contributed by atoms with Gasteiger partial charge in [0.25, 0.3) is 0 Å². The molecule has 1 aromatic carbocycles. The minimum Gasteiger partial charge on any atom is -0.361 e. The van der Waals surface area contributed by atoms with E-state index in [1.165, 1.54) is 16.3 Å². The first-order chi connectivity index (χ1) is 7.45. The number of rotatable bonds is 1. The number of hydrogen-bond acceptors (Lipinski definition) is 1. The van der Waals surface area contributed by atoms with E-state index < -0.39 is 0 Å². The van der Waals surface area contributed by atoms with Crippen LogP contribution in [0.5, 0.6) is 0 Å². The molecule has 15 heavy (non-hydrogen) atoms. The third kappa shape index (κ3) is 1.31. The summed E-state index contributed by atoms with van der Waals surface area (Å²) in [5.41, 5.74) is 2.33. The van der Waals surface area contributed by atoms with Gasteiger partial charge in [0.1, 0.15) is 0 Å². The maximum absolute atomic E-state index is 4.17. The van der Waals surface area contributed by atoms with Crippen LogP contribution in [0, 0.1) is 0 Å². The molecule has 0 saturated carbocycles. The highest BCUT2D eigenvalue weighted by molar-refractivity contribution is 5.95. The Morgan fingerprint density at radius 1 is 1.00 bits per heavy atom. The van der Waals surface area contributed by atoms with Gasteiger partial charge in [-0.3, -0.25) is 4.98 Å². The summed E-state index contributed by atoms with van der Waals surface area (Å²) >= 11 is 0. The van der Waals surface area contributed by atoms with Crippen molar-refractivity contribution in [1.82, 2.24) is 9.97 Å². The van der Waals surface area contributed by atoms with Crippen LogP contribution in [0.25, 0.3) is 22.0 Å². The fourth-order valence-electron chi connectivity index (χ4n) is 1.85. The molecular formula is C13H10N2. The van der Waals surface area contributed by atoms with Crippen molar-refractivity contribution in [3.8, 4) is 11.3 Å². The predicted octanol–water partition coefficient (Wildman–Crippen LogP) is 3.23. The van der Waals surface area contributed by atoms with Crippen LogP contribution in [0.2, 0.25) is 0 Å². The second-order valence-electron chi connectivity index (χ2n) is 3.49. The molecule has 0 saturated heterocycles. The van der Waals surface area contributed by atoms with Gasteiger partial charge in [0, 0.05) is 35.2 Å². The van der Waals surface area contributed by atoms with Gasteiger partial charge in [0.15, 0.2) is 0 Å². The zero-order chi connectivity index (χ0) is 10.1. The molecule has 0 aliphatic rings. The molecule has 72 valence electrons. The molecule has 0 atom stereocenters. The number of aromatic amines is 1. The molecule has 1 N–H and O–H groups in total. The first-order valence-electron chi connectivity index (χ1n) is 4.92. The monoisotopic (exact) mass is 194 g/mol. The lowest BCUT2D eigenvalue weighted by atomic mass is 10.0. The van der Waals surface area contributed by atoms with Crippen molar-refractivity contribution in [2.24, 2.45) is 0 Å². The Kier molecular flexibility index (Phi) is 1.78. The first-order valence-corrected chi connectivity index (χ1v) is 4.92. The van der Waals surface area contributed by atoms with E-state index in [0.29, 0.717) is 0 Å². The van der Waals surface area contributed by atoms with Gasteiger partial charge in [-0.2, -0.15) is 0 Å². The molecule has 0 aliphatic carbocycles. The summed E-state index contributed by atoms with van der Waals surface area (Å²) in [4.78, 5) is 7.39. The lowest BCUT2D eigenvalue weighted by Crippen LogP contribution is -1.81. The van der Waals surface area contributed by atoms with E-state index in [4.69, 9.17) is 0 Å². The minimum atomic E-state index is 1.13. The summed E-state index contributed by atoms with van der Waals surface area (Å²) in [6.45, 7) is 0. The van der Waals surface area contributed by atoms with Crippen molar-refractivity contribution in [3.05, 3.63) is 55.0 Å². The van der Waals surface area contributed by atoms with Gasteiger partial charge in [-0.05, 0) is 23.6 Å². The highest BCUT2D eigenvalue weighted by atomic mass is 14.7. The summed E-state index contributed by atoms with van der Waals surface area (Å²) in [6, 6.07) is 12.4. The molecule has 0 aliphatic heterocycles. The standard InChI is InChI=1S/C13H10N2/c1-3-10-6-8-14-9-12(10)11(4-1)13-5-2-7-15-13/h1-9,15H. The Bertz CT molecular complexity index is 577. The average molecular weight is 194 g/mol. The number of H-pyrrole nitrogens is 1. The Labute approximate surface area is 87.6 Å². The molecule has 2 heterocycles. The van der Waals surface area contributed by atoms with E-state index in [1.807, 2.05) is 30.7 Å². The predicted molar refractivity (Wildman–Crippen MR) is 61.5 cm³/mol. The van der Waals surface area contributed by atoms with Gasteiger partial charge in [-0.25, -0.2) is 0 Å². The lowest BCUT2D eigenvalue weighted by molar-refractivity contribution is 1.36. The molecule has 0 spiro atoms. The van der Waals surface area contributed by atoms with Crippen molar-refractivity contribution >= 4 is 10.8 Å². The second-order valence-corrected chi connectivity index (χ2v) is 3.49. The van der Waals surface area contributed by atoms with Gasteiger partial charge in [-0.1, -0.05) is 18.2 Å². The average Bonchev–Trinajstić information content (AvgIpc) is 2.82. The van der Waals surface area contributed by atoms with Crippen LogP contribution in [0.15, 0.2) is 55.0 Å². The first kappa shape index (κ1) is 8.24. The fraction of sp³-hybridized carbons (Fsp3) is 0. The molecule has 0 bridgehead atoms. The van der Waals surface area contributed by atoms with E-state index in [2.05, 4.69) is 34.2 Å². The van der Waals surface area contributed by atoms with Crippen LogP contribution in [-0.4, -0.2) is 9.97 Å². The summed E-state index contributed by atoms with van der Waals surface area (Å²) in [6.07, 6.45) is 5.66. The van der Waals surface area contributed by atoms with Gasteiger partial charge in [0.05, 0.1) is 0 Å². The van der Waals surface area contributed by atoms with Crippen molar-refractivity contribution < 1.29 is 0 Å². The largest absolute Gasteiger partial charge is 0.361 e. The zero-order valence-corrected chi connectivity index (χ0v) is 8.14. The molecule has 2 aromatic heterocycles. The molecule has 3 aromatic rings. The number of nitrogens with one attached hydrogen (secondary N) is 1. The fourth-order valence-corrected chi connectivity index (χ4v) is 1.85. The van der Waals surface area contributed by atoms with E-state index in [9.17, 15) is 0 Å². The van der Waals surface area contributed by atoms with E-state index >= 15 is 0 Å². The van der Waals surface area contributed by atoms with Crippen LogP contribution < -0.4 is 0 Å². The molecular weight excluding hydrogens is 184 g/mol. The normalized spacial score (nSPS) is 10.7. The summed E-state index contributed by atoms with van der Waals surface area (Å²) in [5, 5.41) is 2.40. The molecule has 0 fully saturated rings. The summed E-state index contributed by atoms with van der Waals surface area (Å²) in [7, 11) is 0. The number of pyridine rings is 1. The molecule has 2 nitrogen and oxygen atoms in total. The van der Waals surface area contributed by atoms with Crippen LogP contribution >= 0.6 is 0 Å². The Morgan fingerprint density at radius 3 is 2.87 bits per heavy atom. The van der Waals surface area contributed by atoms with Gasteiger partial charge in [-0.15, -0.1) is 0 Å². The molecule has 0 amide bonds. The minimum absolute atomic E-state index is 1.13. The summed E-state index contributed by atoms with van der Waals surface area (Å²) < 4.78 is 0. The van der Waals surface area contributed by atoms with Gasteiger partial charge in [0.2, 0.25) is 0 Å². The van der Waals surface area contributed by atoms with Crippen LogP contribution in [0.1, 0.15) is 0 Å². The van der Waals surface area contributed by atoms with E-state index in [0.717, 1.165) is 5.69 Å². The zero-order valence-electron chi connectivity index (χ0n) is 8.14. The molecule has 3 rings (SSSR count). The van der Waals surface area contributed by atoms with E-state index in [1.54, 1.807) is 0 Å². The maximum atomic E-state index is 4.17. The number of nitrogens with zero attached hydrogens (tertiary/aromatic N) is 1. The van der Waals surface area contributed by atoms with Crippen molar-refractivity contribution in [1.29, 1.82) is 0 Å². The SMILES string of the molecule is c1c[nH]c(-c2cccc3ccncc23)c1. The second kappa shape index (κ2) is 3.24. The Morgan fingerprint density at radius 2 is 2.00 bits per heavy atom. The van der Waals surface area contributed by atoms with Crippen LogP contribution in [0.3, 0.4) is 0 Å². The third-order valence-electron chi connectivity index (χ3n) is 2.57. The van der Waals surface area contributed by atoms with Crippen molar-refractivity contribution in [2.45, 2.75) is 0 Å². The number of fused-ring (bicyclic) bond motifs is 1. The maximum Gasteiger partial charge on any atom is 0.0460 e. The highest BCUT2D eigenvalue weighted by Crippen LogP contribution is 2.26. The smallest absolute Gasteiger partial charge is 0.0460 e. The molecule has 0 radical (unpaired) electrons. The van der Waals surface area contributed by atoms with Crippen LogP contribution in [0.4, 0.5) is 0 Å². The topological polar surface area (TPSA) is 28.7 Å². The summed E-state index contributed by atoms with van der Waals surface area (Å²) in [5.74, 6) is 0. The van der Waals surface area contributed by atoms with Crippen molar-refractivity contribution in [3.63, 3.8) is 0 Å². The third-order valence-corrected chi connectivity index (χ3v) is 2.57. The van der Waals surface area contributed by atoms with Crippen LogP contribution in [-0.2, 0) is 0 Å². The number of benzene rings is 1. The molecule has 0 unspecified atom stereocenters. The quantitative estimate of drug-likeness (QED) is 0.633. The molecule has 2 heteroatoms. The number of hydrogen-bond donors (Lipinski definition) is 1. The Balaban J connectivity index is 2.36. The van der Waals surface area contributed by atoms with Gasteiger partial charge < -0.3 is 4.98 Å². The number of aromatic nitrogens is 2. The van der Waals surface area contributed by atoms with Crippen molar-refractivity contribution in [2.75, 3.05) is 0 Å². The van der Waals surface area contributed by atoms with Gasteiger partial charge >= 0.3 is 0 Å². The highest BCUT2D eigenvalue weighted by Gasteiger charge is 2.02. The Hall–Kier alpha value is -2.09. The van der Waals surface area contributed by atoms with E-state index in [-0.39, 0.29) is 0 Å².